The lowest BCUT2D eigenvalue weighted by Crippen LogP contribution is -1.87. The number of benzene rings is 7. The first kappa shape index (κ1) is 20.4. The molecule has 0 nitrogen and oxygen atoms in total. The minimum Gasteiger partial charge on any atom is -0.0617 e. The molecule has 9 aromatic rings. The zero-order chi connectivity index (χ0) is 25.1. The van der Waals surface area contributed by atoms with Crippen LogP contribution in [-0.4, -0.2) is 0 Å². The van der Waals surface area contributed by atoms with Crippen molar-refractivity contribution in [3.63, 3.8) is 0 Å². The molecule has 0 atom stereocenters. The maximum absolute atomic E-state index is 2.47. The first-order valence-corrected chi connectivity index (χ1v) is 13.5. The Bertz CT molecular complexity index is 2380. The second-order valence-corrected chi connectivity index (χ2v) is 11.0. The first-order valence-electron chi connectivity index (χ1n) is 13.5. The van der Waals surface area contributed by atoms with E-state index in [9.17, 15) is 0 Å². The van der Waals surface area contributed by atoms with E-state index in [0.717, 1.165) is 0 Å². The van der Waals surface area contributed by atoms with Gasteiger partial charge in [0, 0.05) is 0 Å². The van der Waals surface area contributed by atoms with Gasteiger partial charge in [-0.3, -0.25) is 0 Å². The monoisotopic (exact) mass is 480 g/mol. The van der Waals surface area contributed by atoms with E-state index in [1.807, 2.05) is 0 Å². The predicted octanol–water partition coefficient (Wildman–Crippen LogP) is 10.9. The van der Waals surface area contributed by atoms with Gasteiger partial charge in [0.2, 0.25) is 0 Å². The average molecular weight is 481 g/mol. The van der Waals surface area contributed by atoms with Crippen molar-refractivity contribution in [2.75, 3.05) is 0 Å². The molecule has 9 rings (SSSR count). The molecule has 0 fully saturated rings. The van der Waals surface area contributed by atoms with Crippen LogP contribution in [0.2, 0.25) is 0 Å². The van der Waals surface area contributed by atoms with Crippen LogP contribution in [0.5, 0.6) is 0 Å². The van der Waals surface area contributed by atoms with Gasteiger partial charge in [0.05, 0.1) is 0 Å². The van der Waals surface area contributed by atoms with Crippen LogP contribution in [-0.2, 0) is 0 Å². The van der Waals surface area contributed by atoms with Crippen LogP contribution in [0.3, 0.4) is 0 Å². The molecule has 0 N–H and O–H groups in total. The lowest BCUT2D eigenvalue weighted by molar-refractivity contribution is 1.38. The predicted molar refractivity (Wildman–Crippen MR) is 166 cm³/mol. The van der Waals surface area contributed by atoms with Crippen molar-refractivity contribution in [1.29, 1.82) is 0 Å². The lowest BCUT2D eigenvalue weighted by Gasteiger charge is -2.10. The summed E-state index contributed by atoms with van der Waals surface area (Å²) in [5.74, 6) is 0. The highest BCUT2D eigenvalue weighted by atomic mass is 14.2. The SMILES string of the molecule is Cc1cccc(C)c1-c1ccc2c(c1)c1cccc3c4cc5c6ccccc6c6cccc(c4cc2c13)c65. The number of hydrogen-bond donors (Lipinski definition) is 0. The Kier molecular flexibility index (Phi) is 3.75. The molecule has 0 heterocycles. The standard InChI is InChI=1S/C38H24/c1-21-8-5-9-22(2)36(21)23-16-17-26-31(18-23)28-13-7-15-30-32-19-34-25-11-4-3-10-24(25)27-12-6-14-29(37(27)34)33(32)20-35(26)38(28)30/h3-20H,1-2H3. The third-order valence-corrected chi connectivity index (χ3v) is 8.99. The summed E-state index contributed by atoms with van der Waals surface area (Å²) in [6, 6.07) is 41.2. The lowest BCUT2D eigenvalue weighted by atomic mass is 9.93. The van der Waals surface area contributed by atoms with E-state index >= 15 is 0 Å². The Balaban J connectivity index is 1.47. The van der Waals surface area contributed by atoms with E-state index in [-0.39, 0.29) is 0 Å². The van der Waals surface area contributed by atoms with Crippen LogP contribution < -0.4 is 0 Å². The summed E-state index contributed by atoms with van der Waals surface area (Å²) in [5.41, 5.74) is 5.31. The molecule has 0 heteroatoms. The first-order chi connectivity index (χ1) is 18.7. The molecule has 0 spiro atoms. The van der Waals surface area contributed by atoms with Crippen LogP contribution >= 0.6 is 0 Å². The molecule has 0 aromatic heterocycles. The van der Waals surface area contributed by atoms with Crippen molar-refractivity contribution >= 4 is 75.4 Å². The summed E-state index contributed by atoms with van der Waals surface area (Å²) >= 11 is 0. The van der Waals surface area contributed by atoms with Gasteiger partial charge in [-0.05, 0) is 130 Å². The molecular weight excluding hydrogens is 456 g/mol. The second-order valence-electron chi connectivity index (χ2n) is 11.0. The van der Waals surface area contributed by atoms with Crippen molar-refractivity contribution in [3.8, 4) is 11.1 Å². The van der Waals surface area contributed by atoms with E-state index in [4.69, 9.17) is 0 Å². The van der Waals surface area contributed by atoms with Crippen molar-refractivity contribution < 1.29 is 0 Å². The van der Waals surface area contributed by atoms with E-state index in [1.165, 1.54) is 97.7 Å². The summed E-state index contributed by atoms with van der Waals surface area (Å²) in [6.07, 6.45) is 0. The van der Waals surface area contributed by atoms with Gasteiger partial charge in [-0.2, -0.15) is 0 Å². The number of aryl methyl sites for hydroxylation is 2. The number of fused-ring (bicyclic) bond motifs is 9. The largest absolute Gasteiger partial charge is 0.0617 e. The van der Waals surface area contributed by atoms with Crippen molar-refractivity contribution in [2.45, 2.75) is 13.8 Å². The van der Waals surface area contributed by atoms with Gasteiger partial charge < -0.3 is 0 Å². The minimum absolute atomic E-state index is 1.30. The fraction of sp³-hybridized carbons (Fsp3) is 0.0526. The highest BCUT2D eigenvalue weighted by Gasteiger charge is 2.19. The topological polar surface area (TPSA) is 0 Å². The van der Waals surface area contributed by atoms with Crippen LogP contribution in [0.1, 0.15) is 11.1 Å². The molecule has 38 heavy (non-hydrogen) atoms. The summed E-state index contributed by atoms with van der Waals surface area (Å²) in [4.78, 5) is 0. The van der Waals surface area contributed by atoms with E-state index in [0.29, 0.717) is 0 Å². The second kappa shape index (κ2) is 7.00. The molecule has 0 unspecified atom stereocenters. The van der Waals surface area contributed by atoms with Gasteiger partial charge in [-0.25, -0.2) is 0 Å². The average Bonchev–Trinajstić information content (AvgIpc) is 3.44. The van der Waals surface area contributed by atoms with Crippen LogP contribution in [0, 0.1) is 13.8 Å². The smallest absolute Gasteiger partial charge is 0.00199 e. The van der Waals surface area contributed by atoms with E-state index in [1.54, 1.807) is 0 Å². The number of hydrogen-bond acceptors (Lipinski definition) is 0. The van der Waals surface area contributed by atoms with Gasteiger partial charge in [0.25, 0.3) is 0 Å². The van der Waals surface area contributed by atoms with Gasteiger partial charge in [0.15, 0.2) is 0 Å². The Morgan fingerprint density at radius 3 is 1.32 bits per heavy atom. The summed E-state index contributed by atoms with van der Waals surface area (Å²) in [5, 5.41) is 19.0. The molecule has 0 radical (unpaired) electrons. The summed E-state index contributed by atoms with van der Waals surface area (Å²) < 4.78 is 0. The van der Waals surface area contributed by atoms with E-state index in [2.05, 4.69) is 123 Å². The maximum Gasteiger partial charge on any atom is -0.00199 e. The summed E-state index contributed by atoms with van der Waals surface area (Å²) in [6.45, 7) is 4.44. The molecule has 0 saturated carbocycles. The molecule has 0 aliphatic carbocycles. The van der Waals surface area contributed by atoms with Gasteiger partial charge in [0.1, 0.15) is 0 Å². The zero-order valence-corrected chi connectivity index (χ0v) is 21.4. The zero-order valence-electron chi connectivity index (χ0n) is 21.4. The van der Waals surface area contributed by atoms with Crippen LogP contribution in [0.15, 0.2) is 109 Å². The fourth-order valence-electron chi connectivity index (χ4n) is 7.42. The molecule has 0 bridgehead atoms. The molecule has 0 aliphatic rings. The Morgan fingerprint density at radius 2 is 0.737 bits per heavy atom. The van der Waals surface area contributed by atoms with Crippen molar-refractivity contribution in [3.05, 3.63) is 120 Å². The van der Waals surface area contributed by atoms with Gasteiger partial charge in [-0.15, -0.1) is 0 Å². The molecule has 0 amide bonds. The Hall–Kier alpha value is -4.68. The van der Waals surface area contributed by atoms with Crippen molar-refractivity contribution in [2.24, 2.45) is 0 Å². The van der Waals surface area contributed by atoms with Gasteiger partial charge in [-0.1, -0.05) is 91.0 Å². The van der Waals surface area contributed by atoms with Crippen LogP contribution in [0.25, 0.3) is 86.5 Å². The van der Waals surface area contributed by atoms with E-state index < -0.39 is 0 Å². The fourth-order valence-corrected chi connectivity index (χ4v) is 7.42. The molecule has 0 saturated heterocycles. The highest BCUT2D eigenvalue weighted by Crippen LogP contribution is 2.47. The Labute approximate surface area is 220 Å². The third-order valence-electron chi connectivity index (χ3n) is 8.99. The molecule has 0 aliphatic heterocycles. The van der Waals surface area contributed by atoms with Crippen LogP contribution in [0.4, 0.5) is 0 Å². The van der Waals surface area contributed by atoms with Gasteiger partial charge >= 0.3 is 0 Å². The minimum atomic E-state index is 1.30. The normalized spacial score (nSPS) is 12.5. The van der Waals surface area contributed by atoms with Crippen molar-refractivity contribution in [1.82, 2.24) is 0 Å². The quantitative estimate of drug-likeness (QED) is 0.205. The highest BCUT2D eigenvalue weighted by molar-refractivity contribution is 6.41. The molecule has 9 aromatic carbocycles. The Morgan fingerprint density at radius 1 is 0.316 bits per heavy atom. The maximum atomic E-state index is 2.47. The third kappa shape index (κ3) is 2.41. The molecular formula is C38H24. The molecule has 176 valence electrons. The number of rotatable bonds is 1. The summed E-state index contributed by atoms with van der Waals surface area (Å²) in [7, 11) is 0.